The lowest BCUT2D eigenvalue weighted by molar-refractivity contribution is 0.0696. The monoisotopic (exact) mass is 232 g/mol. The van der Waals surface area contributed by atoms with Crippen molar-refractivity contribution in [3.63, 3.8) is 0 Å². The number of carboxylic acids is 1. The first-order valence-corrected chi connectivity index (χ1v) is 5.33. The Morgan fingerprint density at radius 2 is 2.12 bits per heavy atom. The van der Waals surface area contributed by atoms with E-state index in [9.17, 15) is 4.79 Å². The highest BCUT2D eigenvalue weighted by Gasteiger charge is 2.21. The van der Waals surface area contributed by atoms with Crippen LogP contribution in [0, 0.1) is 11.3 Å². The minimum Gasteiger partial charge on any atom is -0.478 e. The minimum absolute atomic E-state index is 0.172. The molecule has 1 aromatic carbocycles. The molecule has 0 bridgehead atoms. The van der Waals surface area contributed by atoms with Gasteiger partial charge in [-0.2, -0.15) is 5.26 Å². The van der Waals surface area contributed by atoms with E-state index >= 15 is 0 Å². The highest BCUT2D eigenvalue weighted by atomic mass is 16.5. The van der Waals surface area contributed by atoms with Gasteiger partial charge in [-0.05, 0) is 12.1 Å². The number of anilines is 1. The fraction of sp³-hybridized carbons (Fsp3) is 0.333. The summed E-state index contributed by atoms with van der Waals surface area (Å²) >= 11 is 0. The van der Waals surface area contributed by atoms with Gasteiger partial charge in [0, 0.05) is 13.1 Å². The summed E-state index contributed by atoms with van der Waals surface area (Å²) < 4.78 is 5.22. The summed E-state index contributed by atoms with van der Waals surface area (Å²) in [6.07, 6.45) is 0. The number of ether oxygens (including phenoxy) is 1. The number of para-hydroxylation sites is 1. The average molecular weight is 232 g/mol. The van der Waals surface area contributed by atoms with E-state index in [0.717, 1.165) is 0 Å². The van der Waals surface area contributed by atoms with Crippen LogP contribution >= 0.6 is 0 Å². The summed E-state index contributed by atoms with van der Waals surface area (Å²) in [4.78, 5) is 13.1. The largest absolute Gasteiger partial charge is 0.478 e. The van der Waals surface area contributed by atoms with Gasteiger partial charge >= 0.3 is 5.97 Å². The van der Waals surface area contributed by atoms with Crippen LogP contribution in [0.15, 0.2) is 18.2 Å². The van der Waals surface area contributed by atoms with Crippen molar-refractivity contribution in [3.8, 4) is 6.07 Å². The van der Waals surface area contributed by atoms with Gasteiger partial charge in [-0.15, -0.1) is 0 Å². The molecule has 1 N–H and O–H groups in total. The molecule has 0 aromatic heterocycles. The molecule has 0 amide bonds. The molecule has 5 nitrogen and oxygen atoms in total. The Kier molecular flexibility index (Phi) is 3.26. The average Bonchev–Trinajstić information content (AvgIpc) is 2.38. The molecule has 1 heterocycles. The number of morpholine rings is 1. The van der Waals surface area contributed by atoms with Crippen molar-refractivity contribution in [2.75, 3.05) is 31.2 Å². The second-order valence-corrected chi connectivity index (χ2v) is 3.72. The molecule has 88 valence electrons. The number of hydrogen-bond acceptors (Lipinski definition) is 4. The van der Waals surface area contributed by atoms with Gasteiger partial charge < -0.3 is 14.7 Å². The predicted octanol–water partition coefficient (Wildman–Crippen LogP) is 1.09. The number of nitriles is 1. The molecule has 0 radical (unpaired) electrons. The molecule has 0 saturated carbocycles. The van der Waals surface area contributed by atoms with E-state index in [2.05, 4.69) is 0 Å². The van der Waals surface area contributed by atoms with E-state index in [0.29, 0.717) is 37.6 Å². The summed E-state index contributed by atoms with van der Waals surface area (Å²) in [6, 6.07) is 6.79. The summed E-state index contributed by atoms with van der Waals surface area (Å²) in [5.74, 6) is -1.01. The molecule has 2 rings (SSSR count). The van der Waals surface area contributed by atoms with Gasteiger partial charge in [-0.25, -0.2) is 4.79 Å². The van der Waals surface area contributed by atoms with Gasteiger partial charge in [-0.1, -0.05) is 6.07 Å². The fourth-order valence-corrected chi connectivity index (χ4v) is 1.93. The van der Waals surface area contributed by atoms with Crippen molar-refractivity contribution < 1.29 is 14.6 Å². The van der Waals surface area contributed by atoms with Crippen LogP contribution in [0.25, 0.3) is 0 Å². The van der Waals surface area contributed by atoms with Gasteiger partial charge in [0.15, 0.2) is 0 Å². The number of benzene rings is 1. The van der Waals surface area contributed by atoms with E-state index in [1.54, 1.807) is 12.1 Å². The summed E-state index contributed by atoms with van der Waals surface area (Å²) in [5, 5.41) is 18.2. The number of carbonyl (C=O) groups is 1. The maximum Gasteiger partial charge on any atom is 0.337 e. The van der Waals surface area contributed by atoms with Crippen molar-refractivity contribution in [1.82, 2.24) is 0 Å². The third kappa shape index (κ3) is 2.22. The zero-order valence-electron chi connectivity index (χ0n) is 9.22. The highest BCUT2D eigenvalue weighted by molar-refractivity contribution is 5.96. The SMILES string of the molecule is N#Cc1cccc(C(=O)O)c1N1CCOCC1. The topological polar surface area (TPSA) is 73.6 Å². The van der Waals surface area contributed by atoms with Crippen molar-refractivity contribution in [2.24, 2.45) is 0 Å². The van der Waals surface area contributed by atoms with Crippen LogP contribution in [0.2, 0.25) is 0 Å². The molecule has 0 atom stereocenters. The zero-order valence-corrected chi connectivity index (χ0v) is 9.22. The lowest BCUT2D eigenvalue weighted by Crippen LogP contribution is -2.37. The quantitative estimate of drug-likeness (QED) is 0.826. The van der Waals surface area contributed by atoms with Crippen LogP contribution in [-0.2, 0) is 4.74 Å². The molecule has 1 aliphatic rings. The Hall–Kier alpha value is -2.06. The van der Waals surface area contributed by atoms with Crippen LogP contribution in [0.5, 0.6) is 0 Å². The van der Waals surface area contributed by atoms with Crippen molar-refractivity contribution >= 4 is 11.7 Å². The number of hydrogen-bond donors (Lipinski definition) is 1. The maximum absolute atomic E-state index is 11.2. The van der Waals surface area contributed by atoms with E-state index in [1.165, 1.54) is 6.07 Å². The smallest absolute Gasteiger partial charge is 0.337 e. The molecular weight excluding hydrogens is 220 g/mol. The molecular formula is C12H12N2O3. The lowest BCUT2D eigenvalue weighted by Gasteiger charge is -2.30. The molecule has 0 unspecified atom stereocenters. The third-order valence-electron chi connectivity index (χ3n) is 2.71. The van der Waals surface area contributed by atoms with E-state index in [4.69, 9.17) is 15.1 Å². The molecule has 1 fully saturated rings. The number of nitrogens with zero attached hydrogens (tertiary/aromatic N) is 2. The van der Waals surface area contributed by atoms with Crippen molar-refractivity contribution in [1.29, 1.82) is 5.26 Å². The molecule has 1 aromatic rings. The van der Waals surface area contributed by atoms with Gasteiger partial charge in [-0.3, -0.25) is 0 Å². The van der Waals surface area contributed by atoms with Crippen LogP contribution in [0.4, 0.5) is 5.69 Å². The summed E-state index contributed by atoms with van der Waals surface area (Å²) in [5.41, 5.74) is 1.07. The molecule has 0 spiro atoms. The standard InChI is InChI=1S/C12H12N2O3/c13-8-9-2-1-3-10(12(15)16)11(9)14-4-6-17-7-5-14/h1-3H,4-7H2,(H,15,16). The molecule has 1 aliphatic heterocycles. The van der Waals surface area contributed by atoms with E-state index in [-0.39, 0.29) is 5.56 Å². The molecule has 17 heavy (non-hydrogen) atoms. The Bertz CT molecular complexity index is 473. The highest BCUT2D eigenvalue weighted by Crippen LogP contribution is 2.26. The van der Waals surface area contributed by atoms with Crippen molar-refractivity contribution in [2.45, 2.75) is 0 Å². The predicted molar refractivity (Wildman–Crippen MR) is 61.1 cm³/mol. The first-order valence-electron chi connectivity index (χ1n) is 5.33. The van der Waals surface area contributed by atoms with Crippen LogP contribution < -0.4 is 4.90 Å². The maximum atomic E-state index is 11.2. The first-order chi connectivity index (χ1) is 8.24. The van der Waals surface area contributed by atoms with Crippen molar-refractivity contribution in [3.05, 3.63) is 29.3 Å². The lowest BCUT2D eigenvalue weighted by atomic mass is 10.1. The molecule has 5 heteroatoms. The second-order valence-electron chi connectivity index (χ2n) is 3.72. The zero-order chi connectivity index (χ0) is 12.3. The van der Waals surface area contributed by atoms with Crippen LogP contribution in [-0.4, -0.2) is 37.4 Å². The number of rotatable bonds is 2. The molecule has 1 saturated heterocycles. The van der Waals surface area contributed by atoms with Crippen LogP contribution in [0.1, 0.15) is 15.9 Å². The Balaban J connectivity index is 2.48. The summed E-state index contributed by atoms with van der Waals surface area (Å²) in [6.45, 7) is 2.33. The van der Waals surface area contributed by atoms with Gasteiger partial charge in [0.2, 0.25) is 0 Å². The van der Waals surface area contributed by atoms with Gasteiger partial charge in [0.25, 0.3) is 0 Å². The minimum atomic E-state index is -1.01. The normalized spacial score (nSPS) is 15.4. The van der Waals surface area contributed by atoms with E-state index < -0.39 is 5.97 Å². The van der Waals surface area contributed by atoms with E-state index in [1.807, 2.05) is 11.0 Å². The van der Waals surface area contributed by atoms with Gasteiger partial charge in [0.05, 0.1) is 30.0 Å². The van der Waals surface area contributed by atoms with Crippen LogP contribution in [0.3, 0.4) is 0 Å². The Morgan fingerprint density at radius 1 is 1.41 bits per heavy atom. The number of carboxylic acid groups (broad SMARTS) is 1. The van der Waals surface area contributed by atoms with Gasteiger partial charge in [0.1, 0.15) is 6.07 Å². The Morgan fingerprint density at radius 3 is 2.71 bits per heavy atom. The fourth-order valence-electron chi connectivity index (χ4n) is 1.93. The summed E-state index contributed by atoms with van der Waals surface area (Å²) in [7, 11) is 0. The second kappa shape index (κ2) is 4.85. The first kappa shape index (κ1) is 11.4. The number of aromatic carboxylic acids is 1. The molecule has 0 aliphatic carbocycles. The Labute approximate surface area is 98.8 Å². The third-order valence-corrected chi connectivity index (χ3v) is 2.71.